The molecule has 0 aliphatic rings. The molecule has 0 aliphatic carbocycles. The van der Waals surface area contributed by atoms with Crippen LogP contribution >= 0.6 is 0 Å². The summed E-state index contributed by atoms with van der Waals surface area (Å²) in [7, 11) is 6.35. The van der Waals surface area contributed by atoms with Gasteiger partial charge in [-0.05, 0) is 48.5 Å². The number of aromatic nitrogens is 4. The summed E-state index contributed by atoms with van der Waals surface area (Å²) in [6.45, 7) is 0. The number of hydrogen-bond acceptors (Lipinski definition) is 7. The van der Waals surface area contributed by atoms with Crippen LogP contribution in [0, 0.1) is 0 Å². The van der Waals surface area contributed by atoms with Gasteiger partial charge in [0.25, 0.3) is 0 Å². The highest BCUT2D eigenvalue weighted by molar-refractivity contribution is 5.69. The first kappa shape index (κ1) is 18.5. The Morgan fingerprint density at radius 2 is 1.38 bits per heavy atom. The normalized spacial score (nSPS) is 10.8. The van der Waals surface area contributed by atoms with Gasteiger partial charge in [-0.3, -0.25) is 0 Å². The third-order valence-electron chi connectivity index (χ3n) is 4.57. The molecule has 0 saturated heterocycles. The van der Waals surface area contributed by atoms with Gasteiger partial charge >= 0.3 is 0 Å². The van der Waals surface area contributed by atoms with E-state index in [-0.39, 0.29) is 0 Å². The van der Waals surface area contributed by atoms with Crippen LogP contribution in [0.3, 0.4) is 0 Å². The Morgan fingerprint density at radius 1 is 0.690 bits per heavy atom. The molecule has 0 N–H and O–H groups in total. The second kappa shape index (κ2) is 7.67. The summed E-state index contributed by atoms with van der Waals surface area (Å²) in [5.74, 6) is 2.93. The Hall–Kier alpha value is -3.81. The lowest BCUT2D eigenvalue weighted by atomic mass is 10.1. The van der Waals surface area contributed by atoms with Crippen molar-refractivity contribution in [3.8, 4) is 45.6 Å². The SMILES string of the molecule is COc1ccc(-c2ccc3nnc(-c4cc(OC)c(OC)c(OC)c4)n3n2)cc1. The third kappa shape index (κ3) is 3.29. The van der Waals surface area contributed by atoms with Crippen LogP contribution in [0.15, 0.2) is 48.5 Å². The van der Waals surface area contributed by atoms with Crippen LogP contribution < -0.4 is 18.9 Å². The summed E-state index contributed by atoms with van der Waals surface area (Å²) in [6.07, 6.45) is 0. The van der Waals surface area contributed by atoms with Crippen molar-refractivity contribution in [1.29, 1.82) is 0 Å². The zero-order chi connectivity index (χ0) is 20.4. The van der Waals surface area contributed by atoms with E-state index in [0.717, 1.165) is 22.6 Å². The van der Waals surface area contributed by atoms with E-state index in [2.05, 4.69) is 10.2 Å². The zero-order valence-corrected chi connectivity index (χ0v) is 16.5. The zero-order valence-electron chi connectivity index (χ0n) is 16.5. The van der Waals surface area contributed by atoms with Crippen LogP contribution in [0.25, 0.3) is 28.3 Å². The lowest BCUT2D eigenvalue weighted by Gasteiger charge is -2.13. The summed E-state index contributed by atoms with van der Waals surface area (Å²) in [6, 6.07) is 15.1. The molecule has 0 spiro atoms. The molecule has 29 heavy (non-hydrogen) atoms. The molecule has 2 aromatic heterocycles. The van der Waals surface area contributed by atoms with Crippen LogP contribution in [0.1, 0.15) is 0 Å². The molecule has 8 heteroatoms. The van der Waals surface area contributed by atoms with Gasteiger partial charge < -0.3 is 18.9 Å². The molecule has 0 atom stereocenters. The molecule has 4 aromatic rings. The Bertz CT molecular complexity index is 1130. The predicted molar refractivity (Wildman–Crippen MR) is 108 cm³/mol. The lowest BCUT2D eigenvalue weighted by molar-refractivity contribution is 0.324. The number of methoxy groups -OCH3 is 4. The molecule has 0 bridgehead atoms. The Balaban J connectivity index is 1.84. The molecule has 4 rings (SSSR count). The highest BCUT2D eigenvalue weighted by Crippen LogP contribution is 2.40. The average Bonchev–Trinajstić information content (AvgIpc) is 3.21. The topological polar surface area (TPSA) is 80.0 Å². The molecule has 2 heterocycles. The summed E-state index contributed by atoms with van der Waals surface area (Å²) in [5.41, 5.74) is 3.11. The van der Waals surface area contributed by atoms with Gasteiger partial charge in [0.1, 0.15) is 5.75 Å². The van der Waals surface area contributed by atoms with E-state index >= 15 is 0 Å². The number of rotatable bonds is 6. The number of ether oxygens (including phenoxy) is 4. The van der Waals surface area contributed by atoms with Gasteiger partial charge in [0.15, 0.2) is 23.0 Å². The van der Waals surface area contributed by atoms with Gasteiger partial charge in [-0.15, -0.1) is 10.2 Å². The molecule has 8 nitrogen and oxygen atoms in total. The summed E-state index contributed by atoms with van der Waals surface area (Å²) >= 11 is 0. The minimum atomic E-state index is 0.513. The fourth-order valence-electron chi connectivity index (χ4n) is 3.09. The van der Waals surface area contributed by atoms with Gasteiger partial charge in [0.2, 0.25) is 5.75 Å². The average molecular weight is 392 g/mol. The Labute approximate surface area is 167 Å². The van der Waals surface area contributed by atoms with Gasteiger partial charge in [-0.1, -0.05) is 0 Å². The van der Waals surface area contributed by atoms with E-state index in [4.69, 9.17) is 24.0 Å². The van der Waals surface area contributed by atoms with E-state index in [1.165, 1.54) is 0 Å². The van der Waals surface area contributed by atoms with Crippen molar-refractivity contribution in [2.75, 3.05) is 28.4 Å². The summed E-state index contributed by atoms with van der Waals surface area (Å²) < 4.78 is 23.2. The maximum absolute atomic E-state index is 5.45. The van der Waals surface area contributed by atoms with Crippen molar-refractivity contribution >= 4 is 5.65 Å². The number of benzene rings is 2. The lowest BCUT2D eigenvalue weighted by Crippen LogP contribution is -1.99. The molecule has 0 aliphatic heterocycles. The molecular weight excluding hydrogens is 372 g/mol. The van der Waals surface area contributed by atoms with Crippen molar-refractivity contribution in [3.05, 3.63) is 48.5 Å². The van der Waals surface area contributed by atoms with Gasteiger partial charge in [-0.25, -0.2) is 0 Å². The highest BCUT2D eigenvalue weighted by Gasteiger charge is 2.18. The van der Waals surface area contributed by atoms with Crippen molar-refractivity contribution in [3.63, 3.8) is 0 Å². The minimum Gasteiger partial charge on any atom is -0.497 e. The van der Waals surface area contributed by atoms with Crippen molar-refractivity contribution in [1.82, 2.24) is 19.8 Å². The first-order valence-corrected chi connectivity index (χ1v) is 8.85. The molecule has 0 fully saturated rings. The van der Waals surface area contributed by atoms with Gasteiger partial charge in [0, 0.05) is 11.1 Å². The summed E-state index contributed by atoms with van der Waals surface area (Å²) in [5, 5.41) is 13.3. The fourth-order valence-corrected chi connectivity index (χ4v) is 3.09. The van der Waals surface area contributed by atoms with Gasteiger partial charge in [-0.2, -0.15) is 9.61 Å². The third-order valence-corrected chi connectivity index (χ3v) is 4.57. The second-order valence-electron chi connectivity index (χ2n) is 6.15. The molecule has 0 amide bonds. The van der Waals surface area contributed by atoms with Crippen molar-refractivity contribution in [2.45, 2.75) is 0 Å². The van der Waals surface area contributed by atoms with Crippen LogP contribution in [0.5, 0.6) is 23.0 Å². The molecule has 2 aromatic carbocycles. The predicted octanol–water partition coefficient (Wildman–Crippen LogP) is 3.49. The Kier molecular flexibility index (Phi) is 4.90. The molecule has 0 saturated carbocycles. The molecule has 0 radical (unpaired) electrons. The number of hydrogen-bond donors (Lipinski definition) is 0. The smallest absolute Gasteiger partial charge is 0.203 e. The molecule has 148 valence electrons. The fraction of sp³-hybridized carbons (Fsp3) is 0.190. The first-order chi connectivity index (χ1) is 14.2. The van der Waals surface area contributed by atoms with E-state index < -0.39 is 0 Å². The quantitative estimate of drug-likeness (QED) is 0.497. The van der Waals surface area contributed by atoms with E-state index in [0.29, 0.717) is 28.7 Å². The van der Waals surface area contributed by atoms with E-state index in [1.54, 1.807) is 33.0 Å². The molecule has 0 unspecified atom stereocenters. The van der Waals surface area contributed by atoms with Crippen LogP contribution in [-0.4, -0.2) is 48.3 Å². The van der Waals surface area contributed by atoms with Crippen LogP contribution in [0.2, 0.25) is 0 Å². The largest absolute Gasteiger partial charge is 0.497 e. The summed E-state index contributed by atoms with van der Waals surface area (Å²) in [4.78, 5) is 0. The first-order valence-electron chi connectivity index (χ1n) is 8.85. The van der Waals surface area contributed by atoms with Crippen LogP contribution in [0.4, 0.5) is 0 Å². The second-order valence-corrected chi connectivity index (χ2v) is 6.15. The Morgan fingerprint density at radius 3 is 1.97 bits per heavy atom. The van der Waals surface area contributed by atoms with E-state index in [9.17, 15) is 0 Å². The molecular formula is C21H20N4O4. The van der Waals surface area contributed by atoms with Gasteiger partial charge in [0.05, 0.1) is 34.1 Å². The highest BCUT2D eigenvalue weighted by atomic mass is 16.5. The monoisotopic (exact) mass is 392 g/mol. The minimum absolute atomic E-state index is 0.513. The standard InChI is InChI=1S/C21H20N4O4/c1-26-15-7-5-13(6-8-15)16-9-10-19-22-23-21(25(19)24-16)14-11-17(27-2)20(29-4)18(12-14)28-3/h5-12H,1-4H3. The number of fused-ring (bicyclic) bond motifs is 1. The number of nitrogens with zero attached hydrogens (tertiary/aromatic N) is 4. The van der Waals surface area contributed by atoms with Crippen molar-refractivity contribution in [2.24, 2.45) is 0 Å². The maximum Gasteiger partial charge on any atom is 0.203 e. The van der Waals surface area contributed by atoms with Crippen molar-refractivity contribution < 1.29 is 18.9 Å². The van der Waals surface area contributed by atoms with Crippen LogP contribution in [-0.2, 0) is 0 Å². The maximum atomic E-state index is 5.45. The van der Waals surface area contributed by atoms with E-state index in [1.807, 2.05) is 48.5 Å².